The summed E-state index contributed by atoms with van der Waals surface area (Å²) in [5, 5.41) is 13.4. The highest BCUT2D eigenvalue weighted by atomic mass is 35.5. The summed E-state index contributed by atoms with van der Waals surface area (Å²) in [6.07, 6.45) is 4.11. The predicted molar refractivity (Wildman–Crippen MR) is 179 cm³/mol. The fraction of sp³-hybridized carbons (Fsp3) is 0.472. The molecule has 2 aromatic carbocycles. The number of hydrogen-bond acceptors (Lipinski definition) is 7. The Bertz CT molecular complexity index is 1580. The molecule has 4 bridgehead atoms. The molecule has 7 rings (SSSR count). The highest BCUT2D eigenvalue weighted by molar-refractivity contribution is 6.32. The lowest BCUT2D eigenvalue weighted by molar-refractivity contribution is -0.191. The molecule has 4 saturated carbocycles. The first-order valence-electron chi connectivity index (χ1n) is 16.1. The number of rotatable bonds is 11. The minimum Gasteiger partial charge on any atom is -0.492 e. The number of aromatic nitrogens is 1. The number of para-hydroxylation sites is 1. The zero-order valence-corrected chi connectivity index (χ0v) is 27.7. The van der Waals surface area contributed by atoms with Crippen molar-refractivity contribution >= 4 is 29.4 Å². The van der Waals surface area contributed by atoms with Crippen molar-refractivity contribution in [2.75, 3.05) is 46.2 Å². The third kappa shape index (κ3) is 6.40. The molecule has 0 aliphatic heterocycles. The van der Waals surface area contributed by atoms with Crippen molar-refractivity contribution in [1.82, 2.24) is 15.2 Å². The Labute approximate surface area is 275 Å². The normalized spacial score (nSPS) is 24.6. The fourth-order valence-electron chi connectivity index (χ4n) is 8.11. The summed E-state index contributed by atoms with van der Waals surface area (Å²) in [7, 11) is 8.02. The van der Waals surface area contributed by atoms with Crippen molar-refractivity contribution < 1.29 is 24.2 Å². The molecule has 0 atom stereocenters. The minimum absolute atomic E-state index is 0.0435. The number of carboxylic acid groups (broad SMARTS) is 1. The van der Waals surface area contributed by atoms with Crippen LogP contribution in [-0.2, 0) is 4.74 Å². The van der Waals surface area contributed by atoms with Gasteiger partial charge in [0, 0.05) is 54.9 Å². The van der Waals surface area contributed by atoms with Crippen molar-refractivity contribution in [3.8, 4) is 28.1 Å². The number of benzene rings is 2. The quantitative estimate of drug-likeness (QED) is 0.130. The maximum atomic E-state index is 14.1. The van der Waals surface area contributed by atoms with Gasteiger partial charge in [0.2, 0.25) is 0 Å². The maximum absolute atomic E-state index is 14.1. The van der Waals surface area contributed by atoms with Crippen LogP contribution in [0.2, 0.25) is 5.02 Å². The molecule has 1 heterocycles. The lowest BCUT2D eigenvalue weighted by atomic mass is 9.52. The van der Waals surface area contributed by atoms with Crippen LogP contribution in [-0.4, -0.2) is 74.1 Å². The van der Waals surface area contributed by atoms with E-state index in [1.54, 1.807) is 12.1 Å². The van der Waals surface area contributed by atoms with Gasteiger partial charge < -0.3 is 29.7 Å². The van der Waals surface area contributed by atoms with Gasteiger partial charge in [0.25, 0.3) is 5.91 Å². The van der Waals surface area contributed by atoms with Crippen LogP contribution < -0.4 is 15.0 Å². The van der Waals surface area contributed by atoms with Crippen molar-refractivity contribution in [3.05, 3.63) is 65.3 Å². The van der Waals surface area contributed by atoms with Crippen LogP contribution in [0.3, 0.4) is 0 Å². The molecule has 2 N–H and O–H groups in total. The van der Waals surface area contributed by atoms with Gasteiger partial charge >= 0.3 is 6.16 Å². The van der Waals surface area contributed by atoms with Gasteiger partial charge in [0.1, 0.15) is 11.4 Å². The smallest absolute Gasteiger partial charge is 0.492 e. The lowest BCUT2D eigenvalue weighted by Crippen LogP contribution is -2.68. The largest absolute Gasteiger partial charge is 0.507 e. The Kier molecular flexibility index (Phi) is 9.17. The first kappa shape index (κ1) is 32.1. The van der Waals surface area contributed by atoms with Gasteiger partial charge in [-0.3, -0.25) is 4.79 Å². The number of anilines is 1. The van der Waals surface area contributed by atoms with Crippen LogP contribution >= 0.6 is 11.6 Å². The summed E-state index contributed by atoms with van der Waals surface area (Å²) in [4.78, 5) is 35.2. The molecule has 1 aromatic heterocycles. The SMILES string of the molecule is CN(C)CCCOc1cc(-c2nc(C(=O)NC3(OC(=O)O)C4CC5CC(C4)CC3C5)ccc2-c2ccccc2N(C)C)ccc1Cl. The zero-order valence-electron chi connectivity index (χ0n) is 27.0. The molecule has 3 aromatic rings. The third-order valence-electron chi connectivity index (χ3n) is 9.93. The first-order chi connectivity index (χ1) is 22.0. The predicted octanol–water partition coefficient (Wildman–Crippen LogP) is 7.04. The Morgan fingerprint density at radius 1 is 0.957 bits per heavy atom. The van der Waals surface area contributed by atoms with Crippen LogP contribution in [0.25, 0.3) is 22.4 Å². The van der Waals surface area contributed by atoms with Crippen LogP contribution in [0.5, 0.6) is 5.75 Å². The molecule has 0 saturated heterocycles. The molecule has 10 heteroatoms. The topological polar surface area (TPSA) is 104 Å². The van der Waals surface area contributed by atoms with Crippen molar-refractivity contribution in [1.29, 1.82) is 0 Å². The molecule has 4 fully saturated rings. The van der Waals surface area contributed by atoms with Crippen molar-refractivity contribution in [2.45, 2.75) is 44.2 Å². The summed E-state index contributed by atoms with van der Waals surface area (Å²) in [6.45, 7) is 1.39. The van der Waals surface area contributed by atoms with Gasteiger partial charge in [-0.1, -0.05) is 35.9 Å². The molecule has 4 aliphatic carbocycles. The molecule has 0 spiro atoms. The molecule has 46 heavy (non-hydrogen) atoms. The second kappa shape index (κ2) is 13.1. The van der Waals surface area contributed by atoms with E-state index in [0.29, 0.717) is 34.9 Å². The Morgan fingerprint density at radius 2 is 1.65 bits per heavy atom. The summed E-state index contributed by atoms with van der Waals surface area (Å²) in [5.41, 5.74) is 3.07. The molecular formula is C36H43ClN4O5. The van der Waals surface area contributed by atoms with Gasteiger partial charge in [-0.25, -0.2) is 9.78 Å². The number of amides is 1. The average Bonchev–Trinajstić information content (AvgIpc) is 3.01. The van der Waals surface area contributed by atoms with E-state index in [1.807, 2.05) is 75.6 Å². The summed E-state index contributed by atoms with van der Waals surface area (Å²) in [5.74, 6) is 1.14. The molecule has 244 valence electrons. The van der Waals surface area contributed by atoms with Gasteiger partial charge in [0.15, 0.2) is 5.72 Å². The molecular weight excluding hydrogens is 604 g/mol. The van der Waals surface area contributed by atoms with E-state index in [0.717, 1.165) is 61.0 Å². The molecule has 0 unspecified atom stereocenters. The standard InChI is InChI=1S/C36H43ClN4O5/c1-40(2)14-7-15-45-32-21-24(10-12-29(32)37)33-28(27-8-5-6-9-31(27)41(3)4)11-13-30(38-33)34(42)39-36(46-35(43)44)25-17-22-16-23(19-25)20-26(36)18-22/h5-6,8-13,21-23,25-26H,7,14-20H2,1-4H3,(H,39,42)(H,43,44). The number of carbonyl (C=O) groups is 2. The molecule has 1 amide bonds. The molecule has 0 radical (unpaired) electrons. The molecule has 4 aliphatic rings. The Balaban J connectivity index is 1.39. The van der Waals surface area contributed by atoms with E-state index in [1.165, 1.54) is 6.42 Å². The van der Waals surface area contributed by atoms with Crippen LogP contribution in [0.15, 0.2) is 54.6 Å². The number of hydrogen-bond donors (Lipinski definition) is 2. The van der Waals surface area contributed by atoms with E-state index < -0.39 is 17.8 Å². The van der Waals surface area contributed by atoms with Gasteiger partial charge in [-0.15, -0.1) is 0 Å². The van der Waals surface area contributed by atoms with Crippen LogP contribution in [0.4, 0.5) is 10.5 Å². The van der Waals surface area contributed by atoms with E-state index in [9.17, 15) is 14.7 Å². The summed E-state index contributed by atoms with van der Waals surface area (Å²) >= 11 is 6.57. The Hall–Kier alpha value is -3.82. The summed E-state index contributed by atoms with van der Waals surface area (Å²) in [6, 6.07) is 17.2. The Morgan fingerprint density at radius 3 is 2.30 bits per heavy atom. The average molecular weight is 647 g/mol. The van der Waals surface area contributed by atoms with E-state index in [-0.39, 0.29) is 17.5 Å². The number of carbonyl (C=O) groups excluding carboxylic acids is 1. The van der Waals surface area contributed by atoms with Crippen molar-refractivity contribution in [2.24, 2.45) is 23.7 Å². The highest BCUT2D eigenvalue weighted by Gasteiger charge is 2.60. The lowest BCUT2D eigenvalue weighted by Gasteiger charge is -2.59. The van der Waals surface area contributed by atoms with Gasteiger partial charge in [-0.2, -0.15) is 0 Å². The first-order valence-corrected chi connectivity index (χ1v) is 16.5. The number of nitrogens with one attached hydrogen (secondary N) is 1. The number of pyridine rings is 1. The number of nitrogens with zero attached hydrogens (tertiary/aromatic N) is 3. The maximum Gasteiger partial charge on any atom is 0.507 e. The van der Waals surface area contributed by atoms with Crippen LogP contribution in [0, 0.1) is 23.7 Å². The summed E-state index contributed by atoms with van der Waals surface area (Å²) < 4.78 is 11.8. The molecule has 9 nitrogen and oxygen atoms in total. The number of ether oxygens (including phenoxy) is 2. The minimum atomic E-state index is -1.36. The fourth-order valence-corrected chi connectivity index (χ4v) is 8.28. The second-order valence-corrected chi connectivity index (χ2v) is 14.0. The second-order valence-electron chi connectivity index (χ2n) is 13.6. The number of halogens is 1. The van der Waals surface area contributed by atoms with E-state index in [2.05, 4.69) is 10.2 Å². The highest BCUT2D eigenvalue weighted by Crippen LogP contribution is 2.58. The van der Waals surface area contributed by atoms with Gasteiger partial charge in [-0.05, 0) is 94.8 Å². The van der Waals surface area contributed by atoms with Crippen LogP contribution in [0.1, 0.15) is 49.0 Å². The van der Waals surface area contributed by atoms with E-state index >= 15 is 0 Å². The zero-order chi connectivity index (χ0) is 32.6. The van der Waals surface area contributed by atoms with Crippen molar-refractivity contribution in [3.63, 3.8) is 0 Å². The third-order valence-corrected chi connectivity index (χ3v) is 10.2. The van der Waals surface area contributed by atoms with E-state index in [4.69, 9.17) is 26.1 Å². The van der Waals surface area contributed by atoms with Gasteiger partial charge in [0.05, 0.1) is 17.3 Å². The monoisotopic (exact) mass is 646 g/mol.